The summed E-state index contributed by atoms with van der Waals surface area (Å²) in [5.41, 5.74) is 0.828. The second kappa shape index (κ2) is 8.04. The molecule has 144 valence electrons. The van der Waals surface area contributed by atoms with Gasteiger partial charge in [0.2, 0.25) is 11.7 Å². The van der Waals surface area contributed by atoms with Crippen LogP contribution in [0.1, 0.15) is 50.5 Å². The number of carbonyl (C=O) groups excluding carboxylic acids is 1. The van der Waals surface area contributed by atoms with Crippen LogP contribution in [0.5, 0.6) is 0 Å². The second-order valence-corrected chi connectivity index (χ2v) is 7.54. The van der Waals surface area contributed by atoms with Gasteiger partial charge in [-0.25, -0.2) is 4.79 Å². The molecule has 2 aliphatic rings. The number of hydrogen-bond donors (Lipinski definition) is 2. The van der Waals surface area contributed by atoms with E-state index in [1.807, 2.05) is 19.2 Å². The van der Waals surface area contributed by atoms with Gasteiger partial charge in [0.05, 0.1) is 6.04 Å². The number of urea groups is 1. The fraction of sp³-hybridized carbons (Fsp3) is 0.579. The minimum absolute atomic E-state index is 0.00269. The van der Waals surface area contributed by atoms with Crippen LogP contribution in [0, 0.1) is 0 Å². The van der Waals surface area contributed by atoms with Crippen LogP contribution in [0.25, 0.3) is 11.4 Å². The molecule has 0 bridgehead atoms. The van der Waals surface area contributed by atoms with Crippen molar-refractivity contribution in [3.8, 4) is 11.4 Å². The first-order chi connectivity index (χ1) is 13.2. The lowest BCUT2D eigenvalue weighted by Gasteiger charge is -2.24. The molecule has 1 saturated carbocycles. The van der Waals surface area contributed by atoms with Crippen LogP contribution in [0.15, 0.2) is 29.0 Å². The summed E-state index contributed by atoms with van der Waals surface area (Å²) in [4.78, 5) is 23.1. The Morgan fingerprint density at radius 2 is 2.04 bits per heavy atom. The van der Waals surface area contributed by atoms with Crippen LogP contribution in [-0.2, 0) is 0 Å². The number of nitrogens with zero attached hydrogens (tertiary/aromatic N) is 4. The van der Waals surface area contributed by atoms with Gasteiger partial charge >= 0.3 is 6.03 Å². The van der Waals surface area contributed by atoms with Gasteiger partial charge in [-0.1, -0.05) is 24.4 Å². The van der Waals surface area contributed by atoms with E-state index in [-0.39, 0.29) is 18.1 Å². The fourth-order valence-electron chi connectivity index (χ4n) is 4.03. The molecule has 1 aliphatic carbocycles. The summed E-state index contributed by atoms with van der Waals surface area (Å²) in [7, 11) is 2.01. The summed E-state index contributed by atoms with van der Waals surface area (Å²) in [6, 6.07) is 4.06. The number of likely N-dealkylation sites (N-methyl/N-ethyl adjacent to an activating group) is 1. The maximum absolute atomic E-state index is 12.3. The van der Waals surface area contributed by atoms with Gasteiger partial charge in [-0.3, -0.25) is 9.88 Å². The number of hydrogen-bond acceptors (Lipinski definition) is 6. The molecule has 2 unspecified atom stereocenters. The Labute approximate surface area is 158 Å². The maximum atomic E-state index is 12.3. The van der Waals surface area contributed by atoms with Crippen molar-refractivity contribution in [3.05, 3.63) is 30.4 Å². The smallest absolute Gasteiger partial charge is 0.315 e. The molecule has 8 heteroatoms. The lowest BCUT2D eigenvalue weighted by atomic mass is 9.96. The van der Waals surface area contributed by atoms with Crippen LogP contribution in [0.3, 0.4) is 0 Å². The average molecular weight is 370 g/mol. The second-order valence-electron chi connectivity index (χ2n) is 7.54. The molecular formula is C19H26N6O2. The van der Waals surface area contributed by atoms with Crippen molar-refractivity contribution in [2.75, 3.05) is 13.6 Å². The molecule has 1 saturated heterocycles. The Kier molecular flexibility index (Phi) is 5.33. The molecule has 1 aliphatic heterocycles. The number of nitrogens with one attached hydrogen (secondary N) is 2. The first kappa shape index (κ1) is 17.9. The Morgan fingerprint density at radius 1 is 1.22 bits per heavy atom. The zero-order valence-electron chi connectivity index (χ0n) is 15.6. The number of amides is 2. The first-order valence-corrected chi connectivity index (χ1v) is 9.70. The van der Waals surface area contributed by atoms with Crippen LogP contribution in [0.4, 0.5) is 4.79 Å². The van der Waals surface area contributed by atoms with E-state index in [1.54, 1.807) is 12.4 Å². The van der Waals surface area contributed by atoms with E-state index in [2.05, 4.69) is 30.7 Å². The standard InChI is InChI=1S/C19H26N6O2/c1-25-12-15(22-19(26)21-14-7-3-2-4-8-14)10-16(25)18-23-17(24-27-18)13-6-5-9-20-11-13/h5-6,9,11,14-16H,2-4,7-8,10,12H2,1H3,(H2,21,22,26). The number of rotatable bonds is 4. The van der Waals surface area contributed by atoms with Crippen LogP contribution < -0.4 is 10.6 Å². The molecule has 2 aromatic heterocycles. The normalized spacial score (nSPS) is 24.0. The van der Waals surface area contributed by atoms with E-state index in [4.69, 9.17) is 4.52 Å². The van der Waals surface area contributed by atoms with Gasteiger partial charge in [0.25, 0.3) is 0 Å². The lowest BCUT2D eigenvalue weighted by molar-refractivity contribution is 0.228. The fourth-order valence-corrected chi connectivity index (χ4v) is 4.03. The Hall–Kier alpha value is -2.48. The highest BCUT2D eigenvalue weighted by molar-refractivity contribution is 5.74. The predicted molar refractivity (Wildman–Crippen MR) is 99.8 cm³/mol. The largest absolute Gasteiger partial charge is 0.337 e. The van der Waals surface area contributed by atoms with Gasteiger partial charge in [-0.15, -0.1) is 0 Å². The van der Waals surface area contributed by atoms with Crippen molar-refractivity contribution >= 4 is 6.03 Å². The summed E-state index contributed by atoms with van der Waals surface area (Å²) >= 11 is 0. The van der Waals surface area contributed by atoms with E-state index in [0.29, 0.717) is 17.8 Å². The average Bonchev–Trinajstić information content (AvgIpc) is 3.30. The Balaban J connectivity index is 1.34. The van der Waals surface area contributed by atoms with Crippen molar-refractivity contribution in [1.82, 2.24) is 30.7 Å². The zero-order chi connectivity index (χ0) is 18.6. The first-order valence-electron chi connectivity index (χ1n) is 9.70. The minimum Gasteiger partial charge on any atom is -0.337 e. The van der Waals surface area contributed by atoms with Crippen molar-refractivity contribution in [2.24, 2.45) is 0 Å². The van der Waals surface area contributed by atoms with Crippen molar-refractivity contribution in [2.45, 2.75) is 56.7 Å². The zero-order valence-corrected chi connectivity index (χ0v) is 15.6. The molecule has 2 amide bonds. The monoisotopic (exact) mass is 370 g/mol. The molecule has 2 N–H and O–H groups in total. The molecule has 2 atom stereocenters. The molecule has 2 fully saturated rings. The molecule has 4 rings (SSSR count). The number of likely N-dealkylation sites (tertiary alicyclic amines) is 1. The van der Waals surface area contributed by atoms with Gasteiger partial charge in [-0.05, 0) is 38.4 Å². The molecule has 2 aromatic rings. The highest BCUT2D eigenvalue weighted by atomic mass is 16.5. The number of aromatic nitrogens is 3. The molecule has 8 nitrogen and oxygen atoms in total. The lowest BCUT2D eigenvalue weighted by Crippen LogP contribution is -2.47. The van der Waals surface area contributed by atoms with Gasteiger partial charge in [0, 0.05) is 36.6 Å². The number of pyridine rings is 1. The molecule has 0 radical (unpaired) electrons. The third-order valence-electron chi connectivity index (χ3n) is 5.47. The summed E-state index contributed by atoms with van der Waals surface area (Å²) < 4.78 is 5.49. The minimum atomic E-state index is -0.0671. The van der Waals surface area contributed by atoms with Crippen LogP contribution in [0.2, 0.25) is 0 Å². The quantitative estimate of drug-likeness (QED) is 0.858. The highest BCUT2D eigenvalue weighted by Crippen LogP contribution is 2.30. The SMILES string of the molecule is CN1CC(NC(=O)NC2CCCCC2)CC1c1nc(-c2cccnc2)no1. The third kappa shape index (κ3) is 4.27. The van der Waals surface area contributed by atoms with Crippen LogP contribution >= 0.6 is 0 Å². The predicted octanol–water partition coefficient (Wildman–Crippen LogP) is 2.51. The van der Waals surface area contributed by atoms with Gasteiger partial charge in [0.15, 0.2) is 0 Å². The summed E-state index contributed by atoms with van der Waals surface area (Å²) in [6.07, 6.45) is 10.0. The molecule has 0 aromatic carbocycles. The molecule has 27 heavy (non-hydrogen) atoms. The summed E-state index contributed by atoms with van der Waals surface area (Å²) in [5, 5.41) is 10.3. The topological polar surface area (TPSA) is 96.2 Å². The molecular weight excluding hydrogens is 344 g/mol. The number of carbonyl (C=O) groups is 1. The van der Waals surface area contributed by atoms with Crippen LogP contribution in [-0.4, -0.2) is 51.7 Å². The van der Waals surface area contributed by atoms with Gasteiger partial charge < -0.3 is 15.2 Å². The van der Waals surface area contributed by atoms with E-state index in [1.165, 1.54) is 19.3 Å². The summed E-state index contributed by atoms with van der Waals surface area (Å²) in [5.74, 6) is 1.12. The molecule has 3 heterocycles. The van der Waals surface area contributed by atoms with Crippen molar-refractivity contribution in [3.63, 3.8) is 0 Å². The van der Waals surface area contributed by atoms with Gasteiger partial charge in [-0.2, -0.15) is 4.98 Å². The van der Waals surface area contributed by atoms with E-state index < -0.39 is 0 Å². The maximum Gasteiger partial charge on any atom is 0.315 e. The van der Waals surface area contributed by atoms with Crippen molar-refractivity contribution < 1.29 is 9.32 Å². The van der Waals surface area contributed by atoms with Crippen molar-refractivity contribution in [1.29, 1.82) is 0 Å². The molecule has 0 spiro atoms. The summed E-state index contributed by atoms with van der Waals surface area (Å²) in [6.45, 7) is 0.757. The van der Waals surface area contributed by atoms with Gasteiger partial charge in [0.1, 0.15) is 0 Å². The van der Waals surface area contributed by atoms with E-state index in [0.717, 1.165) is 31.4 Å². The Bertz CT molecular complexity index is 759. The highest BCUT2D eigenvalue weighted by Gasteiger charge is 2.35. The van der Waals surface area contributed by atoms with E-state index in [9.17, 15) is 4.79 Å². The Morgan fingerprint density at radius 3 is 2.81 bits per heavy atom. The van der Waals surface area contributed by atoms with E-state index >= 15 is 0 Å². The third-order valence-corrected chi connectivity index (χ3v) is 5.47.